The van der Waals surface area contributed by atoms with Crippen molar-refractivity contribution in [2.75, 3.05) is 59.5 Å². The summed E-state index contributed by atoms with van der Waals surface area (Å²) in [5.74, 6) is 0.635. The van der Waals surface area contributed by atoms with E-state index >= 15 is 0 Å². The Kier molecular flexibility index (Phi) is 14.3. The summed E-state index contributed by atoms with van der Waals surface area (Å²) in [7, 11) is 2.17. The van der Waals surface area contributed by atoms with Gasteiger partial charge in [-0.25, -0.2) is 4.39 Å². The van der Waals surface area contributed by atoms with Crippen molar-refractivity contribution < 1.29 is 9.13 Å². The summed E-state index contributed by atoms with van der Waals surface area (Å²) in [6, 6.07) is 7.51. The summed E-state index contributed by atoms with van der Waals surface area (Å²) in [4.78, 5) is 9.61. The van der Waals surface area contributed by atoms with Crippen LogP contribution < -0.4 is 10.6 Å². The lowest BCUT2D eigenvalue weighted by Crippen LogP contribution is -2.42. The van der Waals surface area contributed by atoms with Gasteiger partial charge in [-0.2, -0.15) is 0 Å². The molecule has 31 heavy (non-hydrogen) atoms. The number of ether oxygens (including phenoxy) is 1. The molecule has 8 heteroatoms. The highest BCUT2D eigenvalue weighted by molar-refractivity contribution is 14.0. The first kappa shape index (κ1) is 28.1. The lowest BCUT2D eigenvalue weighted by Gasteiger charge is -2.34. The number of rotatable bonds is 11. The molecule has 0 bridgehead atoms. The number of guanidine groups is 1. The Bertz CT molecular complexity index is 623. The van der Waals surface area contributed by atoms with Crippen molar-refractivity contribution >= 4 is 29.9 Å². The van der Waals surface area contributed by atoms with E-state index < -0.39 is 0 Å². The van der Waals surface area contributed by atoms with E-state index in [0.29, 0.717) is 12.6 Å². The molecule has 0 aromatic heterocycles. The molecule has 178 valence electrons. The number of unbranched alkanes of at least 4 members (excludes halogenated alkanes) is 1. The van der Waals surface area contributed by atoms with Crippen LogP contribution in [0.4, 0.5) is 4.39 Å². The second-order valence-electron chi connectivity index (χ2n) is 8.14. The van der Waals surface area contributed by atoms with Gasteiger partial charge in [0, 0.05) is 32.2 Å². The lowest BCUT2D eigenvalue weighted by atomic mass is 10.0. The summed E-state index contributed by atoms with van der Waals surface area (Å²) in [6.45, 7) is 13.2. The summed E-state index contributed by atoms with van der Waals surface area (Å²) in [5, 5.41) is 6.80. The van der Waals surface area contributed by atoms with Crippen LogP contribution in [0.5, 0.6) is 0 Å². The van der Waals surface area contributed by atoms with E-state index in [1.165, 1.54) is 12.1 Å². The van der Waals surface area contributed by atoms with Crippen LogP contribution in [0.15, 0.2) is 29.3 Å². The van der Waals surface area contributed by atoms with Crippen LogP contribution in [0.3, 0.4) is 0 Å². The SMILES string of the molecule is CCNC(=NCC(c1ccc(F)cc1)N1CCOCC1)NCCCCN(C)C(C)C.I. The van der Waals surface area contributed by atoms with Gasteiger partial charge in [0.05, 0.1) is 25.8 Å². The van der Waals surface area contributed by atoms with Crippen LogP contribution in [-0.4, -0.2) is 81.3 Å². The van der Waals surface area contributed by atoms with Crippen molar-refractivity contribution in [1.82, 2.24) is 20.4 Å². The van der Waals surface area contributed by atoms with E-state index in [1.54, 1.807) is 0 Å². The van der Waals surface area contributed by atoms with Crippen LogP contribution in [0.1, 0.15) is 45.2 Å². The Hall–Kier alpha value is -0.970. The lowest BCUT2D eigenvalue weighted by molar-refractivity contribution is 0.0179. The third-order valence-electron chi connectivity index (χ3n) is 5.62. The summed E-state index contributed by atoms with van der Waals surface area (Å²) >= 11 is 0. The Balaban J connectivity index is 0.00000480. The highest BCUT2D eigenvalue weighted by atomic mass is 127. The maximum atomic E-state index is 13.4. The van der Waals surface area contributed by atoms with Crippen molar-refractivity contribution in [3.8, 4) is 0 Å². The first-order chi connectivity index (χ1) is 14.5. The fourth-order valence-electron chi connectivity index (χ4n) is 3.48. The molecule has 0 saturated carbocycles. The molecule has 1 fully saturated rings. The first-order valence-corrected chi connectivity index (χ1v) is 11.3. The molecule has 1 aromatic carbocycles. The Morgan fingerprint density at radius 3 is 2.45 bits per heavy atom. The third-order valence-corrected chi connectivity index (χ3v) is 5.62. The van der Waals surface area contributed by atoms with E-state index in [9.17, 15) is 4.39 Å². The van der Waals surface area contributed by atoms with E-state index in [0.717, 1.165) is 70.3 Å². The normalized spacial score (nSPS) is 16.3. The number of nitrogens with one attached hydrogen (secondary N) is 2. The number of nitrogens with zero attached hydrogens (tertiary/aromatic N) is 3. The zero-order chi connectivity index (χ0) is 21.8. The van der Waals surface area contributed by atoms with Gasteiger partial charge < -0.3 is 20.3 Å². The molecule has 2 N–H and O–H groups in total. The fraction of sp³-hybridized carbons (Fsp3) is 0.696. The molecule has 6 nitrogen and oxygen atoms in total. The monoisotopic (exact) mass is 549 g/mol. The second-order valence-corrected chi connectivity index (χ2v) is 8.14. The van der Waals surface area contributed by atoms with Crippen molar-refractivity contribution in [3.63, 3.8) is 0 Å². The van der Waals surface area contributed by atoms with Crippen molar-refractivity contribution in [2.24, 2.45) is 4.99 Å². The Labute approximate surface area is 205 Å². The van der Waals surface area contributed by atoms with Crippen LogP contribution >= 0.6 is 24.0 Å². The predicted octanol–water partition coefficient (Wildman–Crippen LogP) is 3.49. The van der Waals surface area contributed by atoms with Crippen LogP contribution in [0.2, 0.25) is 0 Å². The minimum Gasteiger partial charge on any atom is -0.379 e. The topological polar surface area (TPSA) is 52.1 Å². The molecule has 0 radical (unpaired) electrons. The number of benzene rings is 1. The molecule has 0 amide bonds. The number of halogens is 2. The smallest absolute Gasteiger partial charge is 0.191 e. The molecular formula is C23H41FIN5O. The highest BCUT2D eigenvalue weighted by Crippen LogP contribution is 2.22. The predicted molar refractivity (Wildman–Crippen MR) is 138 cm³/mol. The maximum Gasteiger partial charge on any atom is 0.191 e. The molecule has 1 aliphatic rings. The van der Waals surface area contributed by atoms with E-state index in [2.05, 4.69) is 48.3 Å². The van der Waals surface area contributed by atoms with Crippen LogP contribution in [0, 0.1) is 5.82 Å². The zero-order valence-electron chi connectivity index (χ0n) is 19.6. The molecule has 0 spiro atoms. The number of aliphatic imine (C=N–C) groups is 1. The Morgan fingerprint density at radius 1 is 1.16 bits per heavy atom. The van der Waals surface area contributed by atoms with Gasteiger partial charge in [-0.3, -0.25) is 9.89 Å². The van der Waals surface area contributed by atoms with Crippen molar-refractivity contribution in [3.05, 3.63) is 35.6 Å². The molecule has 1 saturated heterocycles. The van der Waals surface area contributed by atoms with Crippen LogP contribution in [-0.2, 0) is 4.74 Å². The summed E-state index contributed by atoms with van der Waals surface area (Å²) in [6.07, 6.45) is 2.26. The van der Waals surface area contributed by atoms with Gasteiger partial charge in [0.2, 0.25) is 0 Å². The minimum atomic E-state index is -0.207. The van der Waals surface area contributed by atoms with E-state index in [4.69, 9.17) is 9.73 Å². The minimum absolute atomic E-state index is 0. The third kappa shape index (κ3) is 10.5. The molecular weight excluding hydrogens is 508 g/mol. The zero-order valence-corrected chi connectivity index (χ0v) is 21.9. The quantitative estimate of drug-likeness (QED) is 0.192. The van der Waals surface area contributed by atoms with Gasteiger partial charge in [0.25, 0.3) is 0 Å². The fourth-order valence-corrected chi connectivity index (χ4v) is 3.48. The summed E-state index contributed by atoms with van der Waals surface area (Å²) < 4.78 is 18.9. The van der Waals surface area contributed by atoms with Gasteiger partial charge in [-0.15, -0.1) is 24.0 Å². The Morgan fingerprint density at radius 2 is 1.84 bits per heavy atom. The molecule has 1 aromatic rings. The molecule has 1 aliphatic heterocycles. The first-order valence-electron chi connectivity index (χ1n) is 11.3. The summed E-state index contributed by atoms with van der Waals surface area (Å²) in [5.41, 5.74) is 1.09. The van der Waals surface area contributed by atoms with Crippen molar-refractivity contribution in [1.29, 1.82) is 0 Å². The van der Waals surface area contributed by atoms with Gasteiger partial charge in [0.15, 0.2) is 5.96 Å². The highest BCUT2D eigenvalue weighted by Gasteiger charge is 2.22. The van der Waals surface area contributed by atoms with Gasteiger partial charge >= 0.3 is 0 Å². The van der Waals surface area contributed by atoms with E-state index in [-0.39, 0.29) is 35.8 Å². The molecule has 1 atom stereocenters. The average molecular weight is 550 g/mol. The average Bonchev–Trinajstić information content (AvgIpc) is 2.75. The van der Waals surface area contributed by atoms with E-state index in [1.807, 2.05) is 12.1 Å². The van der Waals surface area contributed by atoms with Gasteiger partial charge in [-0.1, -0.05) is 12.1 Å². The van der Waals surface area contributed by atoms with Gasteiger partial charge in [-0.05, 0) is 64.9 Å². The second kappa shape index (κ2) is 15.8. The number of morpholine rings is 1. The molecule has 0 aliphatic carbocycles. The molecule has 1 unspecified atom stereocenters. The molecule has 1 heterocycles. The number of hydrogen-bond acceptors (Lipinski definition) is 4. The maximum absolute atomic E-state index is 13.4. The molecule has 2 rings (SSSR count). The van der Waals surface area contributed by atoms with Gasteiger partial charge in [0.1, 0.15) is 5.82 Å². The standard InChI is InChI=1S/C23H40FN5O.HI/c1-5-25-23(26-12-6-7-13-28(4)19(2)3)27-18-22(29-14-16-30-17-15-29)20-8-10-21(24)11-9-20;/h8-11,19,22H,5-7,12-18H2,1-4H3,(H2,25,26,27);1H. The van der Waals surface area contributed by atoms with Crippen molar-refractivity contribution in [2.45, 2.75) is 45.7 Å². The number of hydrogen-bond donors (Lipinski definition) is 2. The van der Waals surface area contributed by atoms with Crippen LogP contribution in [0.25, 0.3) is 0 Å². The largest absolute Gasteiger partial charge is 0.379 e.